The molecule has 0 aliphatic heterocycles. The first-order valence-electron chi connectivity index (χ1n) is 9.82. The second-order valence-electron chi connectivity index (χ2n) is 6.99. The van der Waals surface area contributed by atoms with E-state index >= 15 is 0 Å². The number of rotatable bonds is 5. The van der Waals surface area contributed by atoms with Crippen LogP contribution in [0.2, 0.25) is 5.02 Å². The lowest BCUT2D eigenvalue weighted by Gasteiger charge is -2.10. The summed E-state index contributed by atoms with van der Waals surface area (Å²) in [7, 11) is 1.48. The van der Waals surface area contributed by atoms with Gasteiger partial charge in [0.2, 0.25) is 5.95 Å². The number of halogens is 4. The first kappa shape index (κ1) is 23.8. The standard InChI is InChI=1S/C22H14ClF3N6O3/c1-27-20(34)18-10-13(6-7-28-18)35-12-3-5-16-17(9-12)29-21(32-31-16)30-19(33)11-2-4-14(15(23)8-11)22(24,25)26/h2-10H,1H3,(H,27,34)(H,29,30,32,33). The number of hydrogen-bond acceptors (Lipinski definition) is 7. The van der Waals surface area contributed by atoms with Crippen LogP contribution < -0.4 is 15.4 Å². The summed E-state index contributed by atoms with van der Waals surface area (Å²) < 4.78 is 44.4. The van der Waals surface area contributed by atoms with Crippen LogP contribution in [-0.2, 0) is 6.18 Å². The molecule has 4 rings (SSSR count). The Balaban J connectivity index is 1.54. The Hall–Kier alpha value is -4.32. The van der Waals surface area contributed by atoms with E-state index in [-0.39, 0.29) is 23.1 Å². The van der Waals surface area contributed by atoms with Gasteiger partial charge in [0, 0.05) is 30.9 Å². The van der Waals surface area contributed by atoms with Gasteiger partial charge >= 0.3 is 6.18 Å². The molecule has 0 saturated carbocycles. The molecule has 4 aromatic rings. The Morgan fingerprint density at radius 1 is 0.943 bits per heavy atom. The quantitative estimate of drug-likeness (QED) is 0.412. The Bertz CT molecular complexity index is 1450. The second-order valence-corrected chi connectivity index (χ2v) is 7.40. The van der Waals surface area contributed by atoms with E-state index in [0.29, 0.717) is 22.5 Å². The van der Waals surface area contributed by atoms with Crippen molar-refractivity contribution in [2.75, 3.05) is 12.4 Å². The van der Waals surface area contributed by atoms with Gasteiger partial charge in [-0.05, 0) is 36.4 Å². The number of alkyl halides is 3. The molecule has 0 aliphatic carbocycles. The zero-order valence-electron chi connectivity index (χ0n) is 17.7. The van der Waals surface area contributed by atoms with Crippen LogP contribution in [0.4, 0.5) is 19.1 Å². The van der Waals surface area contributed by atoms with Crippen LogP contribution in [0.3, 0.4) is 0 Å². The van der Waals surface area contributed by atoms with Crippen molar-refractivity contribution < 1.29 is 27.5 Å². The molecule has 2 amide bonds. The van der Waals surface area contributed by atoms with Crippen molar-refractivity contribution in [3.05, 3.63) is 76.6 Å². The molecular formula is C22H14ClF3N6O3. The fourth-order valence-corrected chi connectivity index (χ4v) is 3.24. The number of carbonyl (C=O) groups excluding carboxylic acids is 2. The van der Waals surface area contributed by atoms with Crippen LogP contribution in [-0.4, -0.2) is 39.0 Å². The maximum Gasteiger partial charge on any atom is 0.417 e. The summed E-state index contributed by atoms with van der Waals surface area (Å²) in [5.74, 6) is -0.610. The fraction of sp³-hybridized carbons (Fsp3) is 0.0909. The summed E-state index contributed by atoms with van der Waals surface area (Å²) >= 11 is 5.67. The largest absolute Gasteiger partial charge is 0.457 e. The summed E-state index contributed by atoms with van der Waals surface area (Å²) in [5.41, 5.74) is -0.285. The van der Waals surface area contributed by atoms with E-state index in [9.17, 15) is 22.8 Å². The average Bonchev–Trinajstić information content (AvgIpc) is 2.82. The molecule has 0 unspecified atom stereocenters. The summed E-state index contributed by atoms with van der Waals surface area (Å²) in [5, 5.41) is 12.0. The normalized spacial score (nSPS) is 11.2. The number of carbonyl (C=O) groups is 2. The Kier molecular flexibility index (Phi) is 6.47. The predicted octanol–water partition coefficient (Wildman–Crippen LogP) is 4.50. The molecule has 2 heterocycles. The number of hydrogen-bond donors (Lipinski definition) is 2. The van der Waals surface area contributed by atoms with E-state index in [1.54, 1.807) is 18.2 Å². The predicted molar refractivity (Wildman–Crippen MR) is 119 cm³/mol. The highest BCUT2D eigenvalue weighted by molar-refractivity contribution is 6.32. The molecule has 178 valence electrons. The van der Waals surface area contributed by atoms with E-state index in [1.807, 2.05) is 0 Å². The van der Waals surface area contributed by atoms with E-state index < -0.39 is 22.7 Å². The average molecular weight is 503 g/mol. The van der Waals surface area contributed by atoms with Crippen molar-refractivity contribution in [3.63, 3.8) is 0 Å². The molecule has 2 N–H and O–H groups in total. The van der Waals surface area contributed by atoms with Gasteiger partial charge in [0.25, 0.3) is 11.8 Å². The molecule has 9 nitrogen and oxygen atoms in total. The summed E-state index contributed by atoms with van der Waals surface area (Å²) in [6, 6.07) is 10.4. The Morgan fingerprint density at radius 2 is 1.71 bits per heavy atom. The van der Waals surface area contributed by atoms with Gasteiger partial charge in [-0.25, -0.2) is 4.98 Å². The minimum Gasteiger partial charge on any atom is -0.457 e. The van der Waals surface area contributed by atoms with E-state index in [1.165, 1.54) is 25.4 Å². The maximum absolute atomic E-state index is 12.9. The zero-order valence-corrected chi connectivity index (χ0v) is 18.5. The van der Waals surface area contributed by atoms with Crippen molar-refractivity contribution >= 4 is 40.4 Å². The molecule has 0 spiro atoms. The van der Waals surface area contributed by atoms with Gasteiger partial charge in [0.1, 0.15) is 22.7 Å². The molecule has 35 heavy (non-hydrogen) atoms. The van der Waals surface area contributed by atoms with Gasteiger partial charge in [-0.15, -0.1) is 10.2 Å². The van der Waals surface area contributed by atoms with Crippen molar-refractivity contribution in [1.29, 1.82) is 0 Å². The fourth-order valence-electron chi connectivity index (χ4n) is 2.95. The zero-order chi connectivity index (χ0) is 25.2. The van der Waals surface area contributed by atoms with Crippen LogP contribution in [0.5, 0.6) is 11.5 Å². The van der Waals surface area contributed by atoms with Gasteiger partial charge in [0.15, 0.2) is 0 Å². The van der Waals surface area contributed by atoms with E-state index in [0.717, 1.165) is 18.2 Å². The number of anilines is 1. The van der Waals surface area contributed by atoms with Crippen LogP contribution >= 0.6 is 11.6 Å². The third kappa shape index (κ3) is 5.44. The molecule has 0 fully saturated rings. The summed E-state index contributed by atoms with van der Waals surface area (Å²) in [6.45, 7) is 0. The van der Waals surface area contributed by atoms with Gasteiger partial charge in [-0.3, -0.25) is 19.9 Å². The lowest BCUT2D eigenvalue weighted by atomic mass is 10.1. The maximum atomic E-state index is 12.9. The van der Waals surface area contributed by atoms with Crippen molar-refractivity contribution in [3.8, 4) is 11.5 Å². The number of nitrogens with zero attached hydrogens (tertiary/aromatic N) is 4. The topological polar surface area (TPSA) is 119 Å². The highest BCUT2D eigenvalue weighted by atomic mass is 35.5. The molecule has 0 bridgehead atoms. The highest BCUT2D eigenvalue weighted by Crippen LogP contribution is 2.35. The van der Waals surface area contributed by atoms with Gasteiger partial charge in [-0.2, -0.15) is 13.2 Å². The number of amides is 2. The monoisotopic (exact) mass is 502 g/mol. The number of nitrogens with one attached hydrogen (secondary N) is 2. The van der Waals surface area contributed by atoms with Gasteiger partial charge in [0.05, 0.1) is 16.1 Å². The molecule has 2 aromatic heterocycles. The highest BCUT2D eigenvalue weighted by Gasteiger charge is 2.33. The molecule has 0 saturated heterocycles. The minimum absolute atomic E-state index is 0.117. The third-order valence-corrected chi connectivity index (χ3v) is 4.93. The van der Waals surface area contributed by atoms with Crippen LogP contribution in [0.25, 0.3) is 11.0 Å². The number of fused-ring (bicyclic) bond motifs is 1. The summed E-state index contributed by atoms with van der Waals surface area (Å²) in [4.78, 5) is 32.4. The van der Waals surface area contributed by atoms with Crippen LogP contribution in [0, 0.1) is 0 Å². The molecular weight excluding hydrogens is 489 g/mol. The number of ether oxygens (including phenoxy) is 1. The number of aromatic nitrogens is 4. The van der Waals surface area contributed by atoms with Crippen molar-refractivity contribution in [1.82, 2.24) is 25.5 Å². The van der Waals surface area contributed by atoms with Gasteiger partial charge < -0.3 is 10.1 Å². The molecule has 0 aliphatic rings. The van der Waals surface area contributed by atoms with Crippen LogP contribution in [0.15, 0.2) is 54.7 Å². The first-order valence-corrected chi connectivity index (χ1v) is 10.2. The Morgan fingerprint density at radius 3 is 2.43 bits per heavy atom. The third-order valence-electron chi connectivity index (χ3n) is 4.61. The van der Waals surface area contributed by atoms with Crippen LogP contribution in [0.1, 0.15) is 26.4 Å². The van der Waals surface area contributed by atoms with E-state index in [2.05, 4.69) is 30.8 Å². The SMILES string of the molecule is CNC(=O)c1cc(Oc2ccc3nnc(NC(=O)c4ccc(C(F)(F)F)c(Cl)c4)nc3c2)ccn1. The number of benzene rings is 2. The molecule has 2 aromatic carbocycles. The van der Waals surface area contributed by atoms with Crippen molar-refractivity contribution in [2.45, 2.75) is 6.18 Å². The minimum atomic E-state index is -4.64. The van der Waals surface area contributed by atoms with Gasteiger partial charge in [-0.1, -0.05) is 11.6 Å². The smallest absolute Gasteiger partial charge is 0.417 e. The Labute approximate surface area is 200 Å². The first-order chi connectivity index (χ1) is 16.6. The lowest BCUT2D eigenvalue weighted by Crippen LogP contribution is -2.18. The van der Waals surface area contributed by atoms with Crippen molar-refractivity contribution in [2.24, 2.45) is 0 Å². The molecule has 0 radical (unpaired) electrons. The lowest BCUT2D eigenvalue weighted by molar-refractivity contribution is -0.137. The molecule has 13 heteroatoms. The molecule has 0 atom stereocenters. The summed E-state index contributed by atoms with van der Waals surface area (Å²) in [6.07, 6.45) is -3.22. The van der Waals surface area contributed by atoms with E-state index in [4.69, 9.17) is 16.3 Å². The number of pyridine rings is 1. The second kappa shape index (κ2) is 9.50.